The van der Waals surface area contributed by atoms with Gasteiger partial charge in [-0.3, -0.25) is 8.87 Å². The van der Waals surface area contributed by atoms with Crippen LogP contribution in [0.1, 0.15) is 56.4 Å². The molecule has 12 nitrogen and oxygen atoms in total. The van der Waals surface area contributed by atoms with Gasteiger partial charge in [-0.2, -0.15) is 5.10 Å². The van der Waals surface area contributed by atoms with E-state index in [1.165, 1.54) is 11.6 Å². The van der Waals surface area contributed by atoms with E-state index in [2.05, 4.69) is 25.7 Å². The quantitative estimate of drug-likeness (QED) is 0.249. The van der Waals surface area contributed by atoms with Crippen molar-refractivity contribution in [2.75, 3.05) is 41.4 Å². The number of nitrogens with one attached hydrogen (secondary N) is 2. The Bertz CT molecular complexity index is 1760. The van der Waals surface area contributed by atoms with Gasteiger partial charge in [-0.05, 0) is 63.1 Å². The van der Waals surface area contributed by atoms with Crippen molar-refractivity contribution >= 4 is 44.1 Å². The second-order valence-electron chi connectivity index (χ2n) is 11.2. The molecule has 0 amide bonds. The van der Waals surface area contributed by atoms with E-state index in [1.54, 1.807) is 42.9 Å². The number of anilines is 4. The van der Waals surface area contributed by atoms with Crippen LogP contribution < -0.4 is 14.9 Å². The Morgan fingerprint density at radius 2 is 1.91 bits per heavy atom. The number of pyridine rings is 1. The topological polar surface area (TPSA) is 132 Å². The lowest BCUT2D eigenvalue weighted by molar-refractivity contribution is -0.0363. The number of halogens is 2. The van der Waals surface area contributed by atoms with Gasteiger partial charge in [0.25, 0.3) is 6.43 Å². The van der Waals surface area contributed by atoms with Crippen molar-refractivity contribution in [1.82, 2.24) is 29.3 Å². The molecule has 1 aromatic carbocycles. The summed E-state index contributed by atoms with van der Waals surface area (Å²) in [4.78, 5) is 13.6. The zero-order valence-electron chi connectivity index (χ0n) is 24.5. The van der Waals surface area contributed by atoms with E-state index in [4.69, 9.17) is 9.72 Å². The predicted octanol–water partition coefficient (Wildman–Crippen LogP) is 5.13. The highest BCUT2D eigenvalue weighted by Crippen LogP contribution is 2.39. The lowest BCUT2D eigenvalue weighted by Crippen LogP contribution is -2.25. The molecule has 0 spiro atoms. The van der Waals surface area contributed by atoms with Gasteiger partial charge >= 0.3 is 0 Å². The maximum atomic E-state index is 14.4. The normalized spacial score (nSPS) is 17.5. The highest BCUT2D eigenvalue weighted by Gasteiger charge is 2.30. The number of hydrogen-bond acceptors (Lipinski definition) is 9. The predicted molar refractivity (Wildman–Crippen MR) is 160 cm³/mol. The van der Waals surface area contributed by atoms with Gasteiger partial charge in [0.15, 0.2) is 17.3 Å². The molecule has 1 unspecified atom stereocenters. The van der Waals surface area contributed by atoms with Crippen molar-refractivity contribution in [2.24, 2.45) is 13.0 Å². The Morgan fingerprint density at radius 3 is 2.53 bits per heavy atom. The van der Waals surface area contributed by atoms with Crippen molar-refractivity contribution in [3.05, 3.63) is 35.9 Å². The molecule has 2 aliphatic rings. The minimum absolute atomic E-state index is 0.238. The number of aromatic nitrogens is 6. The summed E-state index contributed by atoms with van der Waals surface area (Å²) in [5.74, 6) is 1.78. The van der Waals surface area contributed by atoms with Crippen LogP contribution in [0, 0.1) is 12.8 Å². The molecule has 0 radical (unpaired) electrons. The number of nitrogens with zero attached hydrogens (tertiary/aromatic N) is 7. The zero-order valence-corrected chi connectivity index (χ0v) is 25.3. The lowest BCUT2D eigenvalue weighted by Gasteiger charge is -2.25. The van der Waals surface area contributed by atoms with Gasteiger partial charge in [-0.1, -0.05) is 0 Å². The van der Waals surface area contributed by atoms with Crippen molar-refractivity contribution in [1.29, 1.82) is 0 Å². The molecule has 1 aliphatic carbocycles. The van der Waals surface area contributed by atoms with E-state index in [0.29, 0.717) is 65.6 Å². The molecule has 1 saturated carbocycles. The van der Waals surface area contributed by atoms with Gasteiger partial charge in [0, 0.05) is 38.9 Å². The Labute approximate surface area is 248 Å². The smallest absolute Gasteiger partial charge is 0.295 e. The van der Waals surface area contributed by atoms with E-state index in [-0.39, 0.29) is 11.2 Å². The monoisotopic (exact) mass is 615 g/mol. The number of benzene rings is 1. The summed E-state index contributed by atoms with van der Waals surface area (Å²) in [6.45, 7) is 2.95. The van der Waals surface area contributed by atoms with Gasteiger partial charge in [0.2, 0.25) is 10.0 Å². The summed E-state index contributed by atoms with van der Waals surface area (Å²) in [5, 5.41) is 11.0. The molecule has 6 rings (SSSR count). The second-order valence-corrected chi connectivity index (χ2v) is 13.2. The molecule has 2 fully saturated rings. The zero-order chi connectivity index (χ0) is 30.5. The van der Waals surface area contributed by atoms with Crippen LogP contribution in [0.4, 0.5) is 31.7 Å². The second kappa shape index (κ2) is 11.3. The fourth-order valence-electron chi connectivity index (χ4n) is 5.33. The molecule has 230 valence electrons. The standard InChI is InChI=1S/C28H35F2N9O3S/c1-16-32-26(37(2)36-16)18-10-11-19(21(13-18)38(3)43(4,40)41)33-20-14-22(31-15-17-8-9-17)34-27-24(20)35-28(25(29)30)39(27)23-7-5-6-12-42-23/h10-11,13-14,17,23,25H,5-9,12,15H2,1-4H3,(H2,31,33,34). The first-order valence-corrected chi connectivity index (χ1v) is 16.1. The summed E-state index contributed by atoms with van der Waals surface area (Å²) in [6.07, 6.45) is 2.19. The van der Waals surface area contributed by atoms with Crippen LogP contribution in [-0.4, -0.2) is 64.2 Å². The fourth-order valence-corrected chi connectivity index (χ4v) is 5.83. The van der Waals surface area contributed by atoms with E-state index in [1.807, 2.05) is 0 Å². The Hall–Kier alpha value is -3.85. The Balaban J connectivity index is 1.49. The molecular weight excluding hydrogens is 580 g/mol. The molecule has 1 atom stereocenters. The average Bonchev–Trinajstić information content (AvgIpc) is 3.62. The highest BCUT2D eigenvalue weighted by molar-refractivity contribution is 7.92. The maximum Gasteiger partial charge on any atom is 0.295 e. The molecule has 1 saturated heterocycles. The number of imidazole rings is 1. The van der Waals surface area contributed by atoms with Crippen LogP contribution in [-0.2, 0) is 21.8 Å². The summed E-state index contributed by atoms with van der Waals surface area (Å²) in [6, 6.07) is 6.96. The first-order valence-electron chi connectivity index (χ1n) is 14.3. The van der Waals surface area contributed by atoms with Crippen molar-refractivity contribution < 1.29 is 21.9 Å². The number of sulfonamides is 1. The van der Waals surface area contributed by atoms with Crippen LogP contribution in [0.15, 0.2) is 24.3 Å². The fraction of sp³-hybridized carbons (Fsp3) is 0.500. The molecule has 15 heteroatoms. The third-order valence-electron chi connectivity index (χ3n) is 7.81. The largest absolute Gasteiger partial charge is 0.370 e. The van der Waals surface area contributed by atoms with Gasteiger partial charge in [-0.25, -0.2) is 36.8 Å². The summed E-state index contributed by atoms with van der Waals surface area (Å²) >= 11 is 0. The van der Waals surface area contributed by atoms with Gasteiger partial charge in [0.1, 0.15) is 23.4 Å². The van der Waals surface area contributed by atoms with Crippen molar-refractivity contribution in [2.45, 2.75) is 51.7 Å². The van der Waals surface area contributed by atoms with Crippen LogP contribution >= 0.6 is 0 Å². The minimum Gasteiger partial charge on any atom is -0.370 e. The molecule has 3 aromatic heterocycles. The van der Waals surface area contributed by atoms with E-state index >= 15 is 0 Å². The summed E-state index contributed by atoms with van der Waals surface area (Å²) < 4.78 is 64.3. The number of hydrogen-bond donors (Lipinski definition) is 2. The first kappa shape index (κ1) is 29.2. The third-order valence-corrected chi connectivity index (χ3v) is 9.01. The number of fused-ring (bicyclic) bond motifs is 1. The number of ether oxygens (including phenoxy) is 1. The molecular formula is C28H35F2N9O3S. The van der Waals surface area contributed by atoms with Crippen LogP contribution in [0.3, 0.4) is 0 Å². The molecule has 4 heterocycles. The number of rotatable bonds is 10. The van der Waals surface area contributed by atoms with Crippen LogP contribution in [0.2, 0.25) is 0 Å². The number of alkyl halides is 2. The van der Waals surface area contributed by atoms with Crippen LogP contribution in [0.25, 0.3) is 22.6 Å². The molecule has 43 heavy (non-hydrogen) atoms. The van der Waals surface area contributed by atoms with E-state index in [0.717, 1.165) is 36.2 Å². The minimum atomic E-state index is -3.67. The summed E-state index contributed by atoms with van der Waals surface area (Å²) in [5.41, 5.74) is 2.34. The van der Waals surface area contributed by atoms with Crippen molar-refractivity contribution in [3.63, 3.8) is 0 Å². The van der Waals surface area contributed by atoms with E-state index < -0.39 is 28.5 Å². The summed E-state index contributed by atoms with van der Waals surface area (Å²) in [7, 11) is -0.458. The highest BCUT2D eigenvalue weighted by atomic mass is 32.2. The molecule has 0 bridgehead atoms. The number of aryl methyl sites for hydroxylation is 2. The van der Waals surface area contributed by atoms with Crippen molar-refractivity contribution in [3.8, 4) is 11.4 Å². The Kier molecular flexibility index (Phi) is 7.71. The average molecular weight is 616 g/mol. The SMILES string of the molecule is Cc1nc(-c2ccc(Nc3cc(NCC4CC4)nc4c3nc(C(F)F)n4C3CCCCO3)c(N(C)S(C)(=O)=O)c2)n(C)n1. The Morgan fingerprint density at radius 1 is 1.12 bits per heavy atom. The molecule has 4 aromatic rings. The van der Waals surface area contributed by atoms with Gasteiger partial charge in [0.05, 0.1) is 23.3 Å². The maximum absolute atomic E-state index is 14.4. The van der Waals surface area contributed by atoms with E-state index in [9.17, 15) is 17.2 Å². The lowest BCUT2D eigenvalue weighted by atomic mass is 10.1. The van der Waals surface area contributed by atoms with Gasteiger partial charge in [-0.15, -0.1) is 0 Å². The first-order chi connectivity index (χ1) is 20.5. The van der Waals surface area contributed by atoms with Gasteiger partial charge < -0.3 is 15.4 Å². The molecule has 2 N–H and O–H groups in total. The molecule has 1 aliphatic heterocycles. The third kappa shape index (κ3) is 6.00. The van der Waals surface area contributed by atoms with Crippen LogP contribution in [0.5, 0.6) is 0 Å².